The summed E-state index contributed by atoms with van der Waals surface area (Å²) in [6, 6.07) is 7.65. The van der Waals surface area contributed by atoms with E-state index in [4.69, 9.17) is 0 Å². The number of hydrogen-bond acceptors (Lipinski definition) is 7. The Bertz CT molecular complexity index is 1080. The molecular weight excluding hydrogens is 402 g/mol. The summed E-state index contributed by atoms with van der Waals surface area (Å²) < 4.78 is 0. The van der Waals surface area contributed by atoms with Gasteiger partial charge >= 0.3 is 0 Å². The van der Waals surface area contributed by atoms with E-state index in [2.05, 4.69) is 30.2 Å². The van der Waals surface area contributed by atoms with Gasteiger partial charge in [-0.15, -0.1) is 0 Å². The third kappa shape index (κ3) is 5.94. The van der Waals surface area contributed by atoms with E-state index in [1.54, 1.807) is 24.8 Å². The second-order valence-corrected chi connectivity index (χ2v) is 8.11. The van der Waals surface area contributed by atoms with Crippen molar-refractivity contribution in [3.63, 3.8) is 0 Å². The summed E-state index contributed by atoms with van der Waals surface area (Å²) in [5.74, 6) is 1.60. The van der Waals surface area contributed by atoms with E-state index >= 15 is 0 Å². The summed E-state index contributed by atoms with van der Waals surface area (Å²) in [4.78, 5) is 36.2. The van der Waals surface area contributed by atoms with Crippen molar-refractivity contribution in [2.75, 3.05) is 18.4 Å². The van der Waals surface area contributed by atoms with Crippen LogP contribution in [0.3, 0.4) is 0 Å². The average Bonchev–Trinajstić information content (AvgIpc) is 2.78. The first kappa shape index (κ1) is 21.5. The number of aryl methyl sites for hydroxylation is 2. The van der Waals surface area contributed by atoms with Gasteiger partial charge in [-0.2, -0.15) is 0 Å². The lowest BCUT2D eigenvalue weighted by atomic mass is 9.93. The van der Waals surface area contributed by atoms with Crippen LogP contribution in [0.1, 0.15) is 35.5 Å². The number of carbonyl (C=O) groups is 1. The van der Waals surface area contributed by atoms with Crippen LogP contribution in [0.2, 0.25) is 0 Å². The Balaban J connectivity index is 1.37. The second-order valence-electron chi connectivity index (χ2n) is 8.11. The van der Waals surface area contributed by atoms with Crippen molar-refractivity contribution < 1.29 is 4.79 Å². The molecule has 1 saturated heterocycles. The fourth-order valence-electron chi connectivity index (χ4n) is 3.95. The Hall–Kier alpha value is -3.68. The monoisotopic (exact) mass is 429 g/mol. The van der Waals surface area contributed by atoms with Gasteiger partial charge in [0.15, 0.2) is 0 Å². The number of amides is 1. The Kier molecular flexibility index (Phi) is 6.79. The molecular formula is C24H27N7O. The van der Waals surface area contributed by atoms with Gasteiger partial charge in [0.2, 0.25) is 11.9 Å². The Morgan fingerprint density at radius 1 is 1.22 bits per heavy atom. The summed E-state index contributed by atoms with van der Waals surface area (Å²) in [5, 5.41) is 3.17. The zero-order valence-electron chi connectivity index (χ0n) is 18.4. The molecule has 0 saturated carbocycles. The highest BCUT2D eigenvalue weighted by molar-refractivity contribution is 5.91. The minimum Gasteiger partial charge on any atom is -0.339 e. The van der Waals surface area contributed by atoms with Crippen LogP contribution in [0.25, 0.3) is 6.08 Å². The van der Waals surface area contributed by atoms with Gasteiger partial charge in [-0.05, 0) is 62.8 Å². The molecule has 32 heavy (non-hydrogen) atoms. The lowest BCUT2D eigenvalue weighted by Gasteiger charge is -2.32. The van der Waals surface area contributed by atoms with Crippen LogP contribution < -0.4 is 5.32 Å². The molecule has 0 spiro atoms. The van der Waals surface area contributed by atoms with E-state index in [1.807, 2.05) is 49.1 Å². The highest BCUT2D eigenvalue weighted by atomic mass is 16.2. The van der Waals surface area contributed by atoms with Crippen LogP contribution in [-0.4, -0.2) is 48.8 Å². The smallest absolute Gasteiger partial charge is 0.246 e. The van der Waals surface area contributed by atoms with Crippen LogP contribution >= 0.6 is 0 Å². The van der Waals surface area contributed by atoms with Crippen molar-refractivity contribution in [1.82, 2.24) is 29.8 Å². The minimum atomic E-state index is 0.0376. The van der Waals surface area contributed by atoms with Gasteiger partial charge in [0, 0.05) is 54.7 Å². The molecule has 1 atom stereocenters. The fourth-order valence-corrected chi connectivity index (χ4v) is 3.95. The molecule has 3 aromatic rings. The van der Waals surface area contributed by atoms with Gasteiger partial charge in [0.05, 0.1) is 0 Å². The maximum Gasteiger partial charge on any atom is 0.246 e. The molecule has 1 aliphatic heterocycles. The molecule has 0 aliphatic carbocycles. The molecule has 4 heterocycles. The van der Waals surface area contributed by atoms with Crippen LogP contribution in [0.15, 0.2) is 49.1 Å². The van der Waals surface area contributed by atoms with Gasteiger partial charge in [0.1, 0.15) is 12.1 Å². The molecule has 4 rings (SSSR count). The first-order valence-corrected chi connectivity index (χ1v) is 10.8. The van der Waals surface area contributed by atoms with E-state index < -0.39 is 0 Å². The lowest BCUT2D eigenvalue weighted by Crippen LogP contribution is -2.39. The molecule has 1 N–H and O–H groups in total. The summed E-state index contributed by atoms with van der Waals surface area (Å²) >= 11 is 0. The number of hydrogen-bond donors (Lipinski definition) is 1. The highest BCUT2D eigenvalue weighted by Gasteiger charge is 2.23. The summed E-state index contributed by atoms with van der Waals surface area (Å²) in [6.45, 7) is 5.39. The normalized spacial score (nSPS) is 16.3. The molecule has 3 aromatic heterocycles. The zero-order chi connectivity index (χ0) is 22.3. The molecule has 0 bridgehead atoms. The van der Waals surface area contributed by atoms with E-state index in [0.29, 0.717) is 17.7 Å². The molecule has 8 nitrogen and oxygen atoms in total. The van der Waals surface area contributed by atoms with Gasteiger partial charge in [-0.1, -0.05) is 6.07 Å². The number of anilines is 2. The van der Waals surface area contributed by atoms with Crippen LogP contribution in [-0.2, 0) is 11.2 Å². The molecule has 1 aliphatic rings. The quantitative estimate of drug-likeness (QED) is 0.599. The predicted molar refractivity (Wildman–Crippen MR) is 123 cm³/mol. The van der Waals surface area contributed by atoms with E-state index in [-0.39, 0.29) is 5.91 Å². The van der Waals surface area contributed by atoms with E-state index in [1.165, 1.54) is 0 Å². The summed E-state index contributed by atoms with van der Waals surface area (Å²) in [5.41, 5.74) is 3.66. The number of rotatable bonds is 6. The molecule has 0 radical (unpaired) electrons. The number of piperidine rings is 1. The molecule has 8 heteroatoms. The maximum absolute atomic E-state index is 12.7. The third-order valence-electron chi connectivity index (χ3n) is 5.38. The Labute approximate surface area is 187 Å². The van der Waals surface area contributed by atoms with Gasteiger partial charge in [-0.25, -0.2) is 19.9 Å². The number of pyridine rings is 1. The first-order valence-electron chi connectivity index (χ1n) is 10.8. The summed E-state index contributed by atoms with van der Waals surface area (Å²) in [7, 11) is 0. The molecule has 1 fully saturated rings. The molecule has 0 aromatic carbocycles. The molecule has 1 amide bonds. The van der Waals surface area contributed by atoms with Crippen molar-refractivity contribution in [3.8, 4) is 0 Å². The third-order valence-corrected chi connectivity index (χ3v) is 5.38. The standard InChI is InChI=1S/C24H27N7O/c1-17-11-18(2)29-24(28-17)30-22-13-21(26-16-27-22)12-20-6-4-10-31(15-20)23(32)8-7-19-5-3-9-25-14-19/h3,5,7-9,11,13-14,16,20H,4,6,10,12,15H2,1-2H3,(H,26,27,28,29,30)/b8-7+/t20-/m1/s1. The van der Waals surface area contributed by atoms with E-state index in [0.717, 1.165) is 55.0 Å². The number of likely N-dealkylation sites (tertiary alicyclic amines) is 1. The van der Waals surface area contributed by atoms with E-state index in [9.17, 15) is 4.79 Å². The number of aromatic nitrogens is 5. The van der Waals surface area contributed by atoms with Gasteiger partial charge in [-0.3, -0.25) is 9.78 Å². The van der Waals surface area contributed by atoms with Crippen molar-refractivity contribution in [2.24, 2.45) is 5.92 Å². The van der Waals surface area contributed by atoms with Crippen molar-refractivity contribution in [1.29, 1.82) is 0 Å². The highest BCUT2D eigenvalue weighted by Crippen LogP contribution is 2.22. The summed E-state index contributed by atoms with van der Waals surface area (Å²) in [6.07, 6.45) is 11.3. The predicted octanol–water partition coefficient (Wildman–Crippen LogP) is 3.52. The SMILES string of the molecule is Cc1cc(C)nc(Nc2cc(C[C@H]3CCCN(C(=O)/C=C/c4cccnc4)C3)ncn2)n1. The van der Waals surface area contributed by atoms with Crippen LogP contribution in [0.4, 0.5) is 11.8 Å². The Morgan fingerprint density at radius 3 is 2.84 bits per heavy atom. The molecule has 164 valence electrons. The van der Waals surface area contributed by atoms with Gasteiger partial charge < -0.3 is 10.2 Å². The van der Waals surface area contributed by atoms with Crippen LogP contribution in [0, 0.1) is 19.8 Å². The fraction of sp³-hybridized carbons (Fsp3) is 0.333. The van der Waals surface area contributed by atoms with Crippen molar-refractivity contribution >= 4 is 23.7 Å². The topological polar surface area (TPSA) is 96.8 Å². The zero-order valence-corrected chi connectivity index (χ0v) is 18.4. The number of nitrogens with zero attached hydrogens (tertiary/aromatic N) is 6. The minimum absolute atomic E-state index is 0.0376. The number of nitrogens with one attached hydrogen (secondary N) is 1. The second kappa shape index (κ2) is 10.1. The largest absolute Gasteiger partial charge is 0.339 e. The number of carbonyl (C=O) groups excluding carboxylic acids is 1. The Morgan fingerprint density at radius 2 is 2.06 bits per heavy atom. The average molecular weight is 430 g/mol. The molecule has 0 unspecified atom stereocenters. The maximum atomic E-state index is 12.7. The van der Waals surface area contributed by atoms with Crippen LogP contribution in [0.5, 0.6) is 0 Å². The lowest BCUT2D eigenvalue weighted by molar-refractivity contribution is -0.127. The van der Waals surface area contributed by atoms with Crippen molar-refractivity contribution in [2.45, 2.75) is 33.1 Å². The van der Waals surface area contributed by atoms with Crippen molar-refractivity contribution in [3.05, 3.63) is 71.7 Å². The van der Waals surface area contributed by atoms with Gasteiger partial charge in [0.25, 0.3) is 0 Å². The first-order chi connectivity index (χ1) is 15.5.